The van der Waals surface area contributed by atoms with Crippen molar-refractivity contribution < 1.29 is 9.53 Å². The molecule has 0 aliphatic heterocycles. The molecule has 3 nitrogen and oxygen atoms in total. The fraction of sp³-hybridized carbons (Fsp3) is 0.533. The first-order valence-corrected chi connectivity index (χ1v) is 6.65. The molecule has 3 heteroatoms. The number of methoxy groups -OCH3 is 1. The Morgan fingerprint density at radius 2 is 1.89 bits per heavy atom. The van der Waals surface area contributed by atoms with E-state index in [-0.39, 0.29) is 11.8 Å². The molecule has 1 aromatic rings. The molecule has 0 heterocycles. The second-order valence-corrected chi connectivity index (χ2v) is 5.09. The van der Waals surface area contributed by atoms with Crippen molar-refractivity contribution in [1.29, 1.82) is 0 Å². The number of nitrogens with one attached hydrogen (secondary N) is 1. The van der Waals surface area contributed by atoms with Crippen LogP contribution in [0.1, 0.15) is 32.6 Å². The maximum absolute atomic E-state index is 12.2. The number of anilines is 1. The van der Waals surface area contributed by atoms with Crippen molar-refractivity contribution in [3.05, 3.63) is 24.3 Å². The number of amides is 1. The molecule has 0 unspecified atom stereocenters. The smallest absolute Gasteiger partial charge is 0.227 e. The zero-order valence-electron chi connectivity index (χ0n) is 11.1. The first-order chi connectivity index (χ1) is 8.70. The van der Waals surface area contributed by atoms with E-state index in [1.165, 1.54) is 19.3 Å². The van der Waals surface area contributed by atoms with Gasteiger partial charge in [-0.25, -0.2) is 0 Å². The average molecular weight is 247 g/mol. The predicted octanol–water partition coefficient (Wildman–Crippen LogP) is 3.46. The first kappa shape index (κ1) is 12.9. The Labute approximate surface area is 109 Å². The van der Waals surface area contributed by atoms with Crippen molar-refractivity contribution in [3.63, 3.8) is 0 Å². The Morgan fingerprint density at radius 3 is 2.50 bits per heavy atom. The molecule has 1 fully saturated rings. The number of benzene rings is 1. The fourth-order valence-electron chi connectivity index (χ4n) is 2.62. The summed E-state index contributed by atoms with van der Waals surface area (Å²) in [6.45, 7) is 2.18. The van der Waals surface area contributed by atoms with Gasteiger partial charge < -0.3 is 10.1 Å². The second kappa shape index (κ2) is 5.89. The van der Waals surface area contributed by atoms with Crippen LogP contribution in [0.3, 0.4) is 0 Å². The molecule has 98 valence electrons. The highest BCUT2D eigenvalue weighted by Gasteiger charge is 2.27. The van der Waals surface area contributed by atoms with E-state index in [9.17, 15) is 4.79 Å². The molecule has 2 rings (SSSR count). The third-order valence-electron chi connectivity index (χ3n) is 3.81. The van der Waals surface area contributed by atoms with Crippen LogP contribution in [0.2, 0.25) is 0 Å². The Kier molecular flexibility index (Phi) is 4.24. The second-order valence-electron chi connectivity index (χ2n) is 5.09. The van der Waals surface area contributed by atoms with Crippen LogP contribution in [0.5, 0.6) is 5.75 Å². The van der Waals surface area contributed by atoms with Gasteiger partial charge in [0, 0.05) is 11.6 Å². The zero-order valence-corrected chi connectivity index (χ0v) is 11.1. The van der Waals surface area contributed by atoms with Crippen molar-refractivity contribution in [2.75, 3.05) is 12.4 Å². The zero-order chi connectivity index (χ0) is 13.0. The molecule has 1 aromatic carbocycles. The third kappa shape index (κ3) is 3.03. The lowest BCUT2D eigenvalue weighted by atomic mass is 9.80. The summed E-state index contributed by atoms with van der Waals surface area (Å²) < 4.78 is 5.09. The van der Waals surface area contributed by atoms with Crippen molar-refractivity contribution >= 4 is 11.6 Å². The molecule has 1 N–H and O–H groups in total. The average Bonchev–Trinajstić information content (AvgIpc) is 2.40. The highest BCUT2D eigenvalue weighted by molar-refractivity contribution is 5.92. The minimum atomic E-state index is 0.160. The Bertz CT molecular complexity index is 399. The number of ether oxygens (including phenoxy) is 1. The van der Waals surface area contributed by atoms with Crippen LogP contribution < -0.4 is 10.1 Å². The maximum Gasteiger partial charge on any atom is 0.227 e. The van der Waals surface area contributed by atoms with Crippen molar-refractivity contribution in [3.8, 4) is 5.75 Å². The van der Waals surface area contributed by atoms with E-state index in [0.717, 1.165) is 17.9 Å². The van der Waals surface area contributed by atoms with Crippen LogP contribution in [0, 0.1) is 11.8 Å². The van der Waals surface area contributed by atoms with Gasteiger partial charge >= 0.3 is 0 Å². The summed E-state index contributed by atoms with van der Waals surface area (Å²) in [6, 6.07) is 7.48. The molecule has 1 amide bonds. The first-order valence-electron chi connectivity index (χ1n) is 6.65. The summed E-state index contributed by atoms with van der Waals surface area (Å²) in [4.78, 5) is 12.2. The van der Waals surface area contributed by atoms with E-state index < -0.39 is 0 Å². The molecule has 0 spiro atoms. The van der Waals surface area contributed by atoms with E-state index >= 15 is 0 Å². The van der Waals surface area contributed by atoms with Crippen molar-refractivity contribution in [2.45, 2.75) is 32.6 Å². The monoisotopic (exact) mass is 247 g/mol. The van der Waals surface area contributed by atoms with E-state index in [0.29, 0.717) is 5.92 Å². The summed E-state index contributed by atoms with van der Waals surface area (Å²) in [5.41, 5.74) is 0.846. The molecule has 1 aliphatic carbocycles. The SMILES string of the molecule is COc1ccc(NC(=O)[C@H]2CCCC[C@@H]2C)cc1. The maximum atomic E-state index is 12.2. The van der Waals surface area contributed by atoms with Gasteiger partial charge in [0.15, 0.2) is 0 Å². The number of hydrogen-bond acceptors (Lipinski definition) is 2. The molecule has 18 heavy (non-hydrogen) atoms. The molecule has 0 bridgehead atoms. The van der Waals surface area contributed by atoms with Crippen LogP contribution in [-0.2, 0) is 4.79 Å². The van der Waals surface area contributed by atoms with Gasteiger partial charge in [0.1, 0.15) is 5.75 Å². The van der Waals surface area contributed by atoms with Gasteiger partial charge in [-0.05, 0) is 43.0 Å². The number of carbonyl (C=O) groups is 1. The molecule has 1 aliphatic rings. The quantitative estimate of drug-likeness (QED) is 0.888. The third-order valence-corrected chi connectivity index (χ3v) is 3.81. The van der Waals surface area contributed by atoms with Gasteiger partial charge in [0.25, 0.3) is 0 Å². The standard InChI is InChI=1S/C15H21NO2/c1-11-5-3-4-6-14(11)15(17)16-12-7-9-13(18-2)10-8-12/h7-11,14H,3-6H2,1-2H3,(H,16,17)/t11-,14-/m0/s1. The van der Waals surface area contributed by atoms with Crippen LogP contribution in [0.15, 0.2) is 24.3 Å². The predicted molar refractivity (Wildman–Crippen MR) is 72.7 cm³/mol. The largest absolute Gasteiger partial charge is 0.497 e. The normalized spacial score (nSPS) is 23.4. The highest BCUT2D eigenvalue weighted by Crippen LogP contribution is 2.30. The number of rotatable bonds is 3. The van der Waals surface area contributed by atoms with Gasteiger partial charge in [-0.1, -0.05) is 19.8 Å². The van der Waals surface area contributed by atoms with Gasteiger partial charge in [-0.3, -0.25) is 4.79 Å². The molecular weight excluding hydrogens is 226 g/mol. The van der Waals surface area contributed by atoms with Gasteiger partial charge in [0.2, 0.25) is 5.91 Å². The van der Waals surface area contributed by atoms with Gasteiger partial charge in [0.05, 0.1) is 7.11 Å². The van der Waals surface area contributed by atoms with E-state index in [2.05, 4.69) is 12.2 Å². The lowest BCUT2D eigenvalue weighted by Crippen LogP contribution is -2.30. The van der Waals surface area contributed by atoms with Crippen LogP contribution in [0.4, 0.5) is 5.69 Å². The van der Waals surface area contributed by atoms with E-state index in [4.69, 9.17) is 4.74 Å². The van der Waals surface area contributed by atoms with E-state index in [1.54, 1.807) is 7.11 Å². The topological polar surface area (TPSA) is 38.3 Å². The Morgan fingerprint density at radius 1 is 1.22 bits per heavy atom. The van der Waals surface area contributed by atoms with Crippen LogP contribution in [0.25, 0.3) is 0 Å². The summed E-state index contributed by atoms with van der Waals surface area (Å²) in [5, 5.41) is 3.00. The highest BCUT2D eigenvalue weighted by atomic mass is 16.5. The van der Waals surface area contributed by atoms with Gasteiger partial charge in [-0.2, -0.15) is 0 Å². The van der Waals surface area contributed by atoms with Crippen molar-refractivity contribution in [2.24, 2.45) is 11.8 Å². The van der Waals surface area contributed by atoms with Crippen molar-refractivity contribution in [1.82, 2.24) is 0 Å². The molecule has 0 saturated heterocycles. The summed E-state index contributed by atoms with van der Waals surface area (Å²) in [6.07, 6.45) is 4.61. The Balaban J connectivity index is 1.97. The summed E-state index contributed by atoms with van der Waals surface area (Å²) >= 11 is 0. The van der Waals surface area contributed by atoms with Crippen LogP contribution in [-0.4, -0.2) is 13.0 Å². The molecule has 0 aromatic heterocycles. The molecule has 0 radical (unpaired) electrons. The molecule has 1 saturated carbocycles. The van der Waals surface area contributed by atoms with Gasteiger partial charge in [-0.15, -0.1) is 0 Å². The minimum absolute atomic E-state index is 0.160. The summed E-state index contributed by atoms with van der Waals surface area (Å²) in [7, 11) is 1.64. The molecule has 2 atom stereocenters. The molecular formula is C15H21NO2. The number of hydrogen-bond donors (Lipinski definition) is 1. The Hall–Kier alpha value is -1.51. The fourth-order valence-corrected chi connectivity index (χ4v) is 2.62. The minimum Gasteiger partial charge on any atom is -0.497 e. The van der Waals surface area contributed by atoms with Crippen LogP contribution >= 0.6 is 0 Å². The number of carbonyl (C=O) groups excluding carboxylic acids is 1. The summed E-state index contributed by atoms with van der Waals surface area (Å²) in [5.74, 6) is 1.63. The van der Waals surface area contributed by atoms with E-state index in [1.807, 2.05) is 24.3 Å². The lowest BCUT2D eigenvalue weighted by molar-refractivity contribution is -0.122. The lowest BCUT2D eigenvalue weighted by Gasteiger charge is -2.27.